The van der Waals surface area contributed by atoms with Crippen LogP contribution in [0.4, 0.5) is 5.69 Å². The van der Waals surface area contributed by atoms with E-state index in [9.17, 15) is 13.5 Å². The number of para-hydroxylation sites is 1. The minimum Gasteiger partial charge on any atom is -0.392 e. The van der Waals surface area contributed by atoms with E-state index < -0.39 is 10.0 Å². The first-order chi connectivity index (χ1) is 9.64. The molecule has 0 spiro atoms. The number of sulfonamides is 1. The monoisotopic (exact) mass is 289 g/mol. The fraction of sp³-hybridized carbons (Fsp3) is 0.200. The Kier molecular flexibility index (Phi) is 3.23. The summed E-state index contributed by atoms with van der Waals surface area (Å²) in [6, 6.07) is 14.1. The summed E-state index contributed by atoms with van der Waals surface area (Å²) in [5, 5.41) is 9.34. The zero-order valence-electron chi connectivity index (χ0n) is 10.9. The molecular formula is C15H15NO3S. The van der Waals surface area contributed by atoms with E-state index in [1.165, 1.54) is 4.31 Å². The number of rotatable bonds is 3. The lowest BCUT2D eigenvalue weighted by molar-refractivity contribution is 0.278. The maximum atomic E-state index is 12.8. The molecule has 0 bridgehead atoms. The summed E-state index contributed by atoms with van der Waals surface area (Å²) in [6.07, 6.45) is 0.719. The fourth-order valence-electron chi connectivity index (χ4n) is 2.56. The average Bonchev–Trinajstić information content (AvgIpc) is 2.92. The van der Waals surface area contributed by atoms with Gasteiger partial charge in [-0.2, -0.15) is 0 Å². The van der Waals surface area contributed by atoms with Gasteiger partial charge in [0.05, 0.1) is 17.2 Å². The highest BCUT2D eigenvalue weighted by Crippen LogP contribution is 2.33. The van der Waals surface area contributed by atoms with Crippen LogP contribution in [0.5, 0.6) is 0 Å². The van der Waals surface area contributed by atoms with Crippen molar-refractivity contribution >= 4 is 15.7 Å². The normalized spacial score (nSPS) is 14.3. The molecule has 0 aliphatic carbocycles. The summed E-state index contributed by atoms with van der Waals surface area (Å²) >= 11 is 0. The van der Waals surface area contributed by atoms with E-state index in [-0.39, 0.29) is 11.5 Å². The zero-order chi connectivity index (χ0) is 14.2. The third-order valence-corrected chi connectivity index (χ3v) is 5.47. The molecule has 5 heteroatoms. The van der Waals surface area contributed by atoms with E-state index in [0.717, 1.165) is 17.7 Å². The van der Waals surface area contributed by atoms with Crippen LogP contribution in [0.2, 0.25) is 0 Å². The van der Waals surface area contributed by atoms with Crippen molar-refractivity contribution < 1.29 is 13.5 Å². The highest BCUT2D eigenvalue weighted by atomic mass is 32.2. The molecular weight excluding hydrogens is 274 g/mol. The molecule has 0 fully saturated rings. The van der Waals surface area contributed by atoms with E-state index in [2.05, 4.69) is 0 Å². The number of hydrogen-bond acceptors (Lipinski definition) is 3. The summed E-state index contributed by atoms with van der Waals surface area (Å²) in [4.78, 5) is 0.180. The van der Waals surface area contributed by atoms with Crippen molar-refractivity contribution in [1.82, 2.24) is 0 Å². The Bertz CT molecular complexity index is 740. The van der Waals surface area contributed by atoms with Gasteiger partial charge in [-0.3, -0.25) is 4.31 Å². The minimum absolute atomic E-state index is 0.180. The fourth-order valence-corrected chi connectivity index (χ4v) is 4.28. The number of nitrogens with zero attached hydrogens (tertiary/aromatic N) is 1. The predicted molar refractivity (Wildman–Crippen MR) is 77.0 cm³/mol. The van der Waals surface area contributed by atoms with Crippen molar-refractivity contribution in [2.75, 3.05) is 10.8 Å². The van der Waals surface area contributed by atoms with E-state index in [0.29, 0.717) is 12.1 Å². The van der Waals surface area contributed by atoms with Crippen LogP contribution in [0.1, 0.15) is 11.1 Å². The van der Waals surface area contributed by atoms with Gasteiger partial charge < -0.3 is 5.11 Å². The van der Waals surface area contributed by atoms with Crippen LogP contribution in [0, 0.1) is 0 Å². The molecule has 1 aliphatic rings. The van der Waals surface area contributed by atoms with E-state index in [4.69, 9.17) is 0 Å². The average molecular weight is 289 g/mol. The maximum Gasteiger partial charge on any atom is 0.264 e. The van der Waals surface area contributed by atoms with Crippen molar-refractivity contribution in [1.29, 1.82) is 0 Å². The number of aliphatic hydroxyl groups is 1. The van der Waals surface area contributed by atoms with Crippen molar-refractivity contribution in [2.24, 2.45) is 0 Å². The molecule has 1 heterocycles. The van der Waals surface area contributed by atoms with Gasteiger partial charge in [0.1, 0.15) is 0 Å². The highest BCUT2D eigenvalue weighted by Gasteiger charge is 2.31. The predicted octanol–water partition coefficient (Wildman–Crippen LogP) is 1.93. The first-order valence-electron chi connectivity index (χ1n) is 6.44. The molecule has 0 amide bonds. The number of hydrogen-bond donors (Lipinski definition) is 1. The van der Waals surface area contributed by atoms with Crippen molar-refractivity contribution in [3.05, 3.63) is 59.7 Å². The lowest BCUT2D eigenvalue weighted by Gasteiger charge is -2.21. The largest absolute Gasteiger partial charge is 0.392 e. The SMILES string of the molecule is O=S(=O)(c1ccccc1CO)N1CCc2ccccc21. The van der Waals surface area contributed by atoms with Gasteiger partial charge in [0.25, 0.3) is 10.0 Å². The first kappa shape index (κ1) is 13.1. The molecule has 20 heavy (non-hydrogen) atoms. The zero-order valence-corrected chi connectivity index (χ0v) is 11.7. The van der Waals surface area contributed by atoms with Gasteiger partial charge in [0.15, 0.2) is 0 Å². The van der Waals surface area contributed by atoms with Gasteiger partial charge in [-0.15, -0.1) is 0 Å². The molecule has 1 N–H and O–H groups in total. The Morgan fingerprint density at radius 1 is 1.05 bits per heavy atom. The topological polar surface area (TPSA) is 57.6 Å². The van der Waals surface area contributed by atoms with Crippen LogP contribution >= 0.6 is 0 Å². The van der Waals surface area contributed by atoms with Crippen LogP contribution in [-0.2, 0) is 23.1 Å². The molecule has 104 valence electrons. The summed E-state index contributed by atoms with van der Waals surface area (Å²) in [6.45, 7) is 0.159. The van der Waals surface area contributed by atoms with Crippen molar-refractivity contribution in [3.63, 3.8) is 0 Å². The minimum atomic E-state index is -3.62. The Hall–Kier alpha value is -1.85. The molecule has 4 nitrogen and oxygen atoms in total. The smallest absolute Gasteiger partial charge is 0.264 e. The third kappa shape index (κ3) is 1.99. The Labute approximate surface area is 118 Å². The number of fused-ring (bicyclic) bond motifs is 1. The van der Waals surface area contributed by atoms with Crippen molar-refractivity contribution in [2.45, 2.75) is 17.9 Å². The van der Waals surface area contributed by atoms with Crippen LogP contribution in [0.15, 0.2) is 53.4 Å². The number of aliphatic hydroxyl groups excluding tert-OH is 1. The van der Waals surface area contributed by atoms with E-state index in [1.54, 1.807) is 24.3 Å². The number of anilines is 1. The molecule has 1 aliphatic heterocycles. The first-order valence-corrected chi connectivity index (χ1v) is 7.88. The second-order valence-electron chi connectivity index (χ2n) is 4.72. The van der Waals surface area contributed by atoms with Crippen LogP contribution in [-0.4, -0.2) is 20.1 Å². The Balaban J connectivity index is 2.10. The molecule has 2 aromatic rings. The van der Waals surface area contributed by atoms with Gasteiger partial charge >= 0.3 is 0 Å². The molecule has 0 aromatic heterocycles. The molecule has 0 unspecified atom stereocenters. The molecule has 0 radical (unpaired) electrons. The molecule has 0 saturated heterocycles. The van der Waals surface area contributed by atoms with E-state index >= 15 is 0 Å². The second kappa shape index (κ2) is 4.92. The highest BCUT2D eigenvalue weighted by molar-refractivity contribution is 7.93. The maximum absolute atomic E-state index is 12.8. The molecule has 0 saturated carbocycles. The summed E-state index contributed by atoms with van der Waals surface area (Å²) in [7, 11) is -3.62. The van der Waals surface area contributed by atoms with Gasteiger partial charge in [-0.25, -0.2) is 8.42 Å². The summed E-state index contributed by atoms with van der Waals surface area (Å²) in [5.74, 6) is 0. The van der Waals surface area contributed by atoms with E-state index in [1.807, 2.05) is 24.3 Å². The van der Waals surface area contributed by atoms with Gasteiger partial charge in [-0.05, 0) is 29.7 Å². The lowest BCUT2D eigenvalue weighted by Crippen LogP contribution is -2.29. The Morgan fingerprint density at radius 2 is 1.75 bits per heavy atom. The quantitative estimate of drug-likeness (QED) is 0.939. The summed E-state index contributed by atoms with van der Waals surface area (Å²) < 4.78 is 27.0. The molecule has 3 rings (SSSR count). The van der Waals surface area contributed by atoms with Crippen LogP contribution < -0.4 is 4.31 Å². The molecule has 0 atom stereocenters. The standard InChI is InChI=1S/C15H15NO3S/c17-11-13-6-2-4-8-15(13)20(18,19)16-10-9-12-5-1-3-7-14(12)16/h1-8,17H,9-11H2. The number of benzene rings is 2. The second-order valence-corrected chi connectivity index (χ2v) is 6.55. The van der Waals surface area contributed by atoms with Crippen molar-refractivity contribution in [3.8, 4) is 0 Å². The molecule has 2 aromatic carbocycles. The summed E-state index contributed by atoms with van der Waals surface area (Å²) in [5.41, 5.74) is 2.20. The van der Waals surface area contributed by atoms with Gasteiger partial charge in [-0.1, -0.05) is 36.4 Å². The third-order valence-electron chi connectivity index (χ3n) is 3.56. The lowest BCUT2D eigenvalue weighted by atomic mass is 10.2. The Morgan fingerprint density at radius 3 is 2.55 bits per heavy atom. The van der Waals surface area contributed by atoms with Gasteiger partial charge in [0, 0.05) is 6.54 Å². The van der Waals surface area contributed by atoms with Crippen LogP contribution in [0.25, 0.3) is 0 Å². The van der Waals surface area contributed by atoms with Crippen LogP contribution in [0.3, 0.4) is 0 Å². The van der Waals surface area contributed by atoms with Gasteiger partial charge in [0.2, 0.25) is 0 Å².